The maximum Gasteiger partial charge on any atom is 0.331 e. The number of unbranched alkanes of at least 4 members (excludes halogenated alkanes) is 2. The summed E-state index contributed by atoms with van der Waals surface area (Å²) in [6.07, 6.45) is 8.31. The molecule has 0 aromatic rings. The molecule has 2 nitrogen and oxygen atoms in total. The van der Waals surface area contributed by atoms with Crippen molar-refractivity contribution in [3.05, 3.63) is 11.6 Å². The van der Waals surface area contributed by atoms with Crippen molar-refractivity contribution in [1.82, 2.24) is 0 Å². The first-order chi connectivity index (χ1) is 6.81. The molecule has 0 radical (unpaired) electrons. The Kier molecular flexibility index (Phi) is 2.90. The highest BCUT2D eigenvalue weighted by Crippen LogP contribution is 2.48. The third-order valence-electron chi connectivity index (χ3n) is 3.26. The second kappa shape index (κ2) is 4.16. The molecule has 78 valence electrons. The van der Waals surface area contributed by atoms with Crippen LogP contribution in [0.15, 0.2) is 11.6 Å². The number of carbonyl (C=O) groups excluding carboxylic acids is 1. The molecule has 0 spiro atoms. The van der Waals surface area contributed by atoms with Gasteiger partial charge >= 0.3 is 5.97 Å². The van der Waals surface area contributed by atoms with Gasteiger partial charge in [-0.2, -0.15) is 0 Å². The Morgan fingerprint density at radius 1 is 1.50 bits per heavy atom. The largest absolute Gasteiger partial charge is 0.458 e. The van der Waals surface area contributed by atoms with E-state index in [1.54, 1.807) is 6.08 Å². The van der Waals surface area contributed by atoms with Crippen LogP contribution in [0.4, 0.5) is 0 Å². The van der Waals surface area contributed by atoms with Crippen LogP contribution in [0, 0.1) is 11.8 Å². The average molecular weight is 194 g/mol. The van der Waals surface area contributed by atoms with Crippen LogP contribution in [0.3, 0.4) is 0 Å². The first-order valence-electron chi connectivity index (χ1n) is 5.68. The molecule has 1 heterocycles. The van der Waals surface area contributed by atoms with Crippen LogP contribution in [0.5, 0.6) is 0 Å². The number of cyclic esters (lactones) is 1. The molecule has 0 N–H and O–H groups in total. The lowest BCUT2D eigenvalue weighted by molar-refractivity contribution is -0.134. The molecule has 2 rings (SSSR count). The molecule has 2 heteroatoms. The van der Waals surface area contributed by atoms with E-state index in [0.29, 0.717) is 12.5 Å². The van der Waals surface area contributed by atoms with Gasteiger partial charge in [-0.1, -0.05) is 26.2 Å². The van der Waals surface area contributed by atoms with Crippen molar-refractivity contribution in [3.63, 3.8) is 0 Å². The SMILES string of the molecule is CCCCCC1CC1C1=CC(=O)OC1. The van der Waals surface area contributed by atoms with E-state index < -0.39 is 0 Å². The molecule has 0 amide bonds. The van der Waals surface area contributed by atoms with Crippen LogP contribution < -0.4 is 0 Å². The van der Waals surface area contributed by atoms with Crippen molar-refractivity contribution >= 4 is 5.97 Å². The first kappa shape index (κ1) is 9.75. The smallest absolute Gasteiger partial charge is 0.331 e. The minimum Gasteiger partial charge on any atom is -0.458 e. The Morgan fingerprint density at radius 3 is 3.00 bits per heavy atom. The number of esters is 1. The second-order valence-electron chi connectivity index (χ2n) is 4.43. The van der Waals surface area contributed by atoms with Crippen molar-refractivity contribution in [3.8, 4) is 0 Å². The highest BCUT2D eigenvalue weighted by Gasteiger charge is 2.40. The van der Waals surface area contributed by atoms with E-state index in [-0.39, 0.29) is 5.97 Å². The van der Waals surface area contributed by atoms with E-state index in [1.165, 1.54) is 37.7 Å². The maximum absolute atomic E-state index is 10.9. The summed E-state index contributed by atoms with van der Waals surface area (Å²) in [7, 11) is 0. The van der Waals surface area contributed by atoms with Gasteiger partial charge in [0.05, 0.1) is 0 Å². The second-order valence-corrected chi connectivity index (χ2v) is 4.43. The molecular weight excluding hydrogens is 176 g/mol. The summed E-state index contributed by atoms with van der Waals surface area (Å²) in [6.45, 7) is 2.80. The Labute approximate surface area is 85.3 Å². The van der Waals surface area contributed by atoms with Crippen molar-refractivity contribution in [2.75, 3.05) is 6.61 Å². The van der Waals surface area contributed by atoms with E-state index >= 15 is 0 Å². The molecule has 0 bridgehead atoms. The zero-order valence-electron chi connectivity index (χ0n) is 8.79. The fourth-order valence-electron chi connectivity index (χ4n) is 2.28. The van der Waals surface area contributed by atoms with Crippen molar-refractivity contribution in [1.29, 1.82) is 0 Å². The molecule has 1 aliphatic carbocycles. The van der Waals surface area contributed by atoms with E-state index in [2.05, 4.69) is 6.92 Å². The van der Waals surface area contributed by atoms with Crippen LogP contribution in [-0.2, 0) is 9.53 Å². The molecule has 0 aromatic carbocycles. The van der Waals surface area contributed by atoms with Crippen LogP contribution in [0.1, 0.15) is 39.0 Å². The summed E-state index contributed by atoms with van der Waals surface area (Å²) < 4.78 is 4.91. The minimum absolute atomic E-state index is 0.140. The summed E-state index contributed by atoms with van der Waals surface area (Å²) >= 11 is 0. The Bertz CT molecular complexity index is 255. The van der Waals surface area contributed by atoms with Crippen LogP contribution in [0.25, 0.3) is 0 Å². The lowest BCUT2D eigenvalue weighted by Crippen LogP contribution is -1.94. The summed E-state index contributed by atoms with van der Waals surface area (Å²) in [4.78, 5) is 10.9. The fourth-order valence-corrected chi connectivity index (χ4v) is 2.28. The first-order valence-corrected chi connectivity index (χ1v) is 5.68. The van der Waals surface area contributed by atoms with Gasteiger partial charge in [0.2, 0.25) is 0 Å². The summed E-state index contributed by atoms with van der Waals surface area (Å²) in [5.74, 6) is 1.39. The van der Waals surface area contributed by atoms with Crippen LogP contribution in [0.2, 0.25) is 0 Å². The molecule has 1 saturated carbocycles. The van der Waals surface area contributed by atoms with Gasteiger partial charge in [-0.3, -0.25) is 0 Å². The molecule has 2 atom stereocenters. The lowest BCUT2D eigenvalue weighted by atomic mass is 10.1. The van der Waals surface area contributed by atoms with Crippen LogP contribution in [-0.4, -0.2) is 12.6 Å². The van der Waals surface area contributed by atoms with E-state index in [4.69, 9.17) is 4.74 Å². The number of rotatable bonds is 5. The zero-order valence-corrected chi connectivity index (χ0v) is 8.79. The quantitative estimate of drug-likeness (QED) is 0.497. The van der Waals surface area contributed by atoms with Gasteiger partial charge in [-0.05, 0) is 30.3 Å². The molecule has 0 saturated heterocycles. The lowest BCUT2D eigenvalue weighted by Gasteiger charge is -1.99. The normalized spacial score (nSPS) is 30.1. The van der Waals surface area contributed by atoms with Crippen molar-refractivity contribution in [2.24, 2.45) is 11.8 Å². The van der Waals surface area contributed by atoms with Crippen molar-refractivity contribution < 1.29 is 9.53 Å². The summed E-state index contributed by atoms with van der Waals surface area (Å²) in [6, 6.07) is 0. The van der Waals surface area contributed by atoms with Gasteiger partial charge in [0, 0.05) is 6.08 Å². The Morgan fingerprint density at radius 2 is 2.36 bits per heavy atom. The molecule has 1 fully saturated rings. The van der Waals surface area contributed by atoms with Gasteiger partial charge < -0.3 is 4.74 Å². The molecule has 2 aliphatic rings. The van der Waals surface area contributed by atoms with E-state index in [1.807, 2.05) is 0 Å². The molecule has 2 unspecified atom stereocenters. The third kappa shape index (κ3) is 2.17. The zero-order chi connectivity index (χ0) is 9.97. The number of carbonyl (C=O) groups is 1. The highest BCUT2D eigenvalue weighted by atomic mass is 16.5. The van der Waals surface area contributed by atoms with Crippen LogP contribution >= 0.6 is 0 Å². The Hall–Kier alpha value is -0.790. The maximum atomic E-state index is 10.9. The number of hydrogen-bond acceptors (Lipinski definition) is 2. The number of ether oxygens (including phenoxy) is 1. The topological polar surface area (TPSA) is 26.3 Å². The minimum atomic E-state index is -0.140. The predicted octanol–water partition coefficient (Wildman–Crippen LogP) is 2.69. The molecule has 0 aromatic heterocycles. The third-order valence-corrected chi connectivity index (χ3v) is 3.26. The Balaban J connectivity index is 1.71. The predicted molar refractivity (Wildman–Crippen MR) is 54.8 cm³/mol. The fraction of sp³-hybridized carbons (Fsp3) is 0.750. The molecule has 14 heavy (non-hydrogen) atoms. The highest BCUT2D eigenvalue weighted by molar-refractivity contribution is 5.85. The standard InChI is InChI=1S/C12H18O2/c1-2-3-4-5-9-6-11(9)10-7-12(13)14-8-10/h7,9,11H,2-6,8H2,1H3. The van der Waals surface area contributed by atoms with E-state index in [9.17, 15) is 4.79 Å². The monoisotopic (exact) mass is 194 g/mol. The van der Waals surface area contributed by atoms with Gasteiger partial charge in [0.15, 0.2) is 0 Å². The molecule has 1 aliphatic heterocycles. The summed E-state index contributed by atoms with van der Waals surface area (Å²) in [5.41, 5.74) is 1.25. The van der Waals surface area contributed by atoms with E-state index in [0.717, 1.165) is 5.92 Å². The molecular formula is C12H18O2. The van der Waals surface area contributed by atoms with Gasteiger partial charge in [0.1, 0.15) is 6.61 Å². The van der Waals surface area contributed by atoms with Gasteiger partial charge in [-0.15, -0.1) is 0 Å². The number of hydrogen-bond donors (Lipinski definition) is 0. The van der Waals surface area contributed by atoms with Gasteiger partial charge in [0.25, 0.3) is 0 Å². The average Bonchev–Trinajstić information content (AvgIpc) is 2.81. The van der Waals surface area contributed by atoms with Crippen molar-refractivity contribution in [2.45, 2.75) is 39.0 Å². The summed E-state index contributed by atoms with van der Waals surface area (Å²) in [5, 5.41) is 0. The van der Waals surface area contributed by atoms with Gasteiger partial charge in [-0.25, -0.2) is 4.79 Å².